The highest BCUT2D eigenvalue weighted by molar-refractivity contribution is 5.96. The molecule has 0 saturated carbocycles. The molecule has 0 bridgehead atoms. The van der Waals surface area contributed by atoms with Gasteiger partial charge in [-0.1, -0.05) is 42.5 Å². The zero-order valence-corrected chi connectivity index (χ0v) is 18.5. The maximum Gasteiger partial charge on any atom is 0.417 e. The topological polar surface area (TPSA) is 87.7 Å². The Morgan fingerprint density at radius 2 is 1.54 bits per heavy atom. The summed E-state index contributed by atoms with van der Waals surface area (Å²) < 4.78 is 44.9. The lowest BCUT2D eigenvalue weighted by Crippen LogP contribution is -2.49. The molecule has 1 N–H and O–H groups in total. The summed E-state index contributed by atoms with van der Waals surface area (Å²) in [4.78, 5) is 36.1. The van der Waals surface area contributed by atoms with E-state index in [0.29, 0.717) is 25.3 Å². The first-order valence-electron chi connectivity index (χ1n) is 10.8. The Bertz CT molecular complexity index is 1170. The number of nitrogens with one attached hydrogen (secondary N) is 1. The summed E-state index contributed by atoms with van der Waals surface area (Å²) in [5.74, 6) is -0.654. The molecular formula is C24H22F3N5O3. The van der Waals surface area contributed by atoms with Crippen molar-refractivity contribution in [1.82, 2.24) is 20.2 Å². The van der Waals surface area contributed by atoms with Crippen molar-refractivity contribution in [2.24, 2.45) is 0 Å². The van der Waals surface area contributed by atoms with Crippen molar-refractivity contribution in [2.75, 3.05) is 31.1 Å². The highest BCUT2D eigenvalue weighted by atomic mass is 19.4. The largest absolute Gasteiger partial charge is 0.417 e. The van der Waals surface area contributed by atoms with Crippen molar-refractivity contribution in [1.29, 1.82) is 0 Å². The number of anilines is 1. The van der Waals surface area contributed by atoms with Gasteiger partial charge >= 0.3 is 18.3 Å². The van der Waals surface area contributed by atoms with Crippen molar-refractivity contribution in [2.45, 2.75) is 12.7 Å². The molecule has 1 fully saturated rings. The molecule has 1 aliphatic heterocycles. The first kappa shape index (κ1) is 24.0. The summed E-state index contributed by atoms with van der Waals surface area (Å²) in [5.41, 5.74) is 0.262. The second kappa shape index (κ2) is 10.4. The number of hydrogen-bond donors (Lipinski definition) is 1. The number of piperazine rings is 1. The van der Waals surface area contributed by atoms with Crippen LogP contribution in [-0.2, 0) is 12.7 Å². The number of nitrogens with zero attached hydrogens (tertiary/aromatic N) is 4. The minimum atomic E-state index is -4.60. The fourth-order valence-corrected chi connectivity index (χ4v) is 3.67. The van der Waals surface area contributed by atoms with Crippen LogP contribution in [0.4, 0.5) is 23.7 Å². The molecule has 0 unspecified atom stereocenters. The summed E-state index contributed by atoms with van der Waals surface area (Å²) in [6.45, 7) is 1.56. The van der Waals surface area contributed by atoms with Gasteiger partial charge in [0, 0.05) is 32.7 Å². The van der Waals surface area contributed by atoms with Crippen LogP contribution in [0.15, 0.2) is 67.0 Å². The van der Waals surface area contributed by atoms with Gasteiger partial charge in [-0.2, -0.15) is 13.2 Å². The molecule has 1 aliphatic rings. The van der Waals surface area contributed by atoms with Crippen LogP contribution in [0.2, 0.25) is 0 Å². The molecular weight excluding hydrogens is 463 g/mol. The molecule has 3 aromatic rings. The Hall–Kier alpha value is -4.15. The third-order valence-corrected chi connectivity index (χ3v) is 5.47. The smallest absolute Gasteiger partial charge is 0.374 e. The SMILES string of the molecule is O=C(NCc1ccccc1)Oc1ncc(N2CCN(C(=O)c3ccccc3C(F)(F)F)CC2)cn1. The van der Waals surface area contributed by atoms with Crippen molar-refractivity contribution in [3.8, 4) is 6.01 Å². The highest BCUT2D eigenvalue weighted by Crippen LogP contribution is 2.32. The summed E-state index contributed by atoms with van der Waals surface area (Å²) in [6, 6.07) is 14.0. The molecule has 1 aromatic heterocycles. The Morgan fingerprint density at radius 3 is 2.20 bits per heavy atom. The second-order valence-electron chi connectivity index (χ2n) is 7.78. The van der Waals surface area contributed by atoms with E-state index in [0.717, 1.165) is 11.6 Å². The van der Waals surface area contributed by atoms with Crippen LogP contribution in [0.1, 0.15) is 21.5 Å². The van der Waals surface area contributed by atoms with Gasteiger partial charge < -0.3 is 19.9 Å². The Balaban J connectivity index is 1.30. The summed E-state index contributed by atoms with van der Waals surface area (Å²) in [5, 5.41) is 2.61. The number of rotatable bonds is 5. The lowest BCUT2D eigenvalue weighted by molar-refractivity contribution is -0.138. The number of ether oxygens (including phenoxy) is 1. The molecule has 35 heavy (non-hydrogen) atoms. The van der Waals surface area contributed by atoms with Gasteiger partial charge in [0.05, 0.1) is 29.2 Å². The van der Waals surface area contributed by atoms with Crippen molar-refractivity contribution in [3.63, 3.8) is 0 Å². The average molecular weight is 485 g/mol. The number of halogens is 3. The fourth-order valence-electron chi connectivity index (χ4n) is 3.67. The van der Waals surface area contributed by atoms with E-state index in [-0.39, 0.29) is 24.7 Å². The van der Waals surface area contributed by atoms with Crippen LogP contribution in [0.25, 0.3) is 0 Å². The van der Waals surface area contributed by atoms with Crippen LogP contribution in [0.5, 0.6) is 6.01 Å². The maximum atomic E-state index is 13.3. The number of benzene rings is 2. The molecule has 182 valence electrons. The Morgan fingerprint density at radius 1 is 0.914 bits per heavy atom. The van der Waals surface area contributed by atoms with E-state index in [1.165, 1.54) is 35.5 Å². The number of hydrogen-bond acceptors (Lipinski definition) is 6. The lowest BCUT2D eigenvalue weighted by atomic mass is 10.1. The maximum absolute atomic E-state index is 13.3. The molecule has 0 radical (unpaired) electrons. The fraction of sp³-hybridized carbons (Fsp3) is 0.250. The van der Waals surface area contributed by atoms with Gasteiger partial charge in [-0.25, -0.2) is 14.8 Å². The third kappa shape index (κ3) is 6.05. The normalized spacial score (nSPS) is 13.9. The van der Waals surface area contributed by atoms with E-state index in [4.69, 9.17) is 4.74 Å². The van der Waals surface area contributed by atoms with Crippen molar-refractivity contribution >= 4 is 17.7 Å². The number of aromatic nitrogens is 2. The predicted octanol–water partition coefficient (Wildman–Crippen LogP) is 3.75. The number of carbonyl (C=O) groups is 2. The first-order chi connectivity index (χ1) is 16.8. The third-order valence-electron chi connectivity index (χ3n) is 5.47. The minimum absolute atomic E-state index is 0.114. The van der Waals surface area contributed by atoms with E-state index in [9.17, 15) is 22.8 Å². The van der Waals surface area contributed by atoms with Gasteiger partial charge in [0.15, 0.2) is 0 Å². The van der Waals surface area contributed by atoms with Crippen molar-refractivity contribution in [3.05, 3.63) is 83.7 Å². The number of carbonyl (C=O) groups excluding carboxylic acids is 2. The molecule has 4 rings (SSSR count). The summed E-state index contributed by atoms with van der Waals surface area (Å²) >= 11 is 0. The van der Waals surface area contributed by atoms with E-state index < -0.39 is 23.7 Å². The summed E-state index contributed by atoms with van der Waals surface area (Å²) in [6.07, 6.45) is -2.31. The minimum Gasteiger partial charge on any atom is -0.374 e. The Kier molecular flexibility index (Phi) is 7.14. The molecule has 0 spiro atoms. The zero-order chi connectivity index (χ0) is 24.8. The molecule has 1 saturated heterocycles. The van der Waals surface area contributed by atoms with E-state index >= 15 is 0 Å². The molecule has 2 heterocycles. The van der Waals surface area contributed by atoms with Gasteiger partial charge in [-0.15, -0.1) is 0 Å². The van der Waals surface area contributed by atoms with Crippen molar-refractivity contribution < 1.29 is 27.5 Å². The lowest BCUT2D eigenvalue weighted by Gasteiger charge is -2.36. The standard InChI is InChI=1S/C24H22F3N5O3/c25-24(26,27)20-9-5-4-8-19(20)21(33)32-12-10-31(11-13-32)18-15-28-22(29-16-18)35-23(34)30-14-17-6-2-1-3-7-17/h1-9,15-16H,10-14H2,(H,30,34). The first-order valence-corrected chi connectivity index (χ1v) is 10.8. The van der Waals surface area contributed by atoms with Crippen LogP contribution < -0.4 is 15.0 Å². The molecule has 0 atom stereocenters. The molecule has 2 aromatic carbocycles. The van der Waals surface area contributed by atoms with E-state index in [2.05, 4.69) is 15.3 Å². The Labute approximate surface area is 199 Å². The quantitative estimate of drug-likeness (QED) is 0.593. The summed E-state index contributed by atoms with van der Waals surface area (Å²) in [7, 11) is 0. The van der Waals surface area contributed by atoms with Gasteiger partial charge in [-0.05, 0) is 17.7 Å². The number of alkyl halides is 3. The van der Waals surface area contributed by atoms with Crippen LogP contribution in [-0.4, -0.2) is 53.0 Å². The van der Waals surface area contributed by atoms with Gasteiger partial charge in [-0.3, -0.25) is 4.79 Å². The monoisotopic (exact) mass is 485 g/mol. The van der Waals surface area contributed by atoms with Gasteiger partial charge in [0.1, 0.15) is 0 Å². The predicted molar refractivity (Wildman–Crippen MR) is 121 cm³/mol. The van der Waals surface area contributed by atoms with E-state index in [1.807, 2.05) is 35.2 Å². The van der Waals surface area contributed by atoms with Gasteiger partial charge in [0.2, 0.25) is 0 Å². The zero-order valence-electron chi connectivity index (χ0n) is 18.5. The second-order valence-corrected chi connectivity index (χ2v) is 7.78. The number of amides is 2. The van der Waals surface area contributed by atoms with Gasteiger partial charge in [0.25, 0.3) is 5.91 Å². The molecule has 2 amide bonds. The van der Waals surface area contributed by atoms with Crippen LogP contribution in [0.3, 0.4) is 0 Å². The van der Waals surface area contributed by atoms with E-state index in [1.54, 1.807) is 0 Å². The molecule has 11 heteroatoms. The van der Waals surface area contributed by atoms with Crippen LogP contribution in [0, 0.1) is 0 Å². The molecule has 0 aliphatic carbocycles. The average Bonchev–Trinajstić information content (AvgIpc) is 2.88. The molecule has 8 nitrogen and oxygen atoms in total. The highest BCUT2D eigenvalue weighted by Gasteiger charge is 2.36. The van der Waals surface area contributed by atoms with Crippen LogP contribution >= 0.6 is 0 Å².